The summed E-state index contributed by atoms with van der Waals surface area (Å²) >= 11 is 0. The zero-order valence-corrected chi connectivity index (χ0v) is 18.6. The van der Waals surface area contributed by atoms with Gasteiger partial charge >= 0.3 is 6.09 Å². The van der Waals surface area contributed by atoms with E-state index in [0.717, 1.165) is 37.7 Å². The molecule has 0 bridgehead atoms. The summed E-state index contributed by atoms with van der Waals surface area (Å²) < 4.78 is 7.20. The van der Waals surface area contributed by atoms with Crippen LogP contribution >= 0.6 is 0 Å². The Bertz CT molecular complexity index is 1030. The SMILES string of the molecule is CC(C)(C)OC(=O)N1CC/C(=C/n2cnc(-c3ccccc3)cc2=O)C2(CCCC2)C1. The van der Waals surface area contributed by atoms with Crippen molar-refractivity contribution >= 4 is 12.3 Å². The van der Waals surface area contributed by atoms with Gasteiger partial charge in [-0.1, -0.05) is 43.2 Å². The zero-order valence-electron chi connectivity index (χ0n) is 18.6. The van der Waals surface area contributed by atoms with Crippen LogP contribution in [0.1, 0.15) is 52.9 Å². The third-order valence-corrected chi connectivity index (χ3v) is 6.24. The minimum atomic E-state index is -0.504. The lowest BCUT2D eigenvalue weighted by Gasteiger charge is -2.42. The Balaban J connectivity index is 1.59. The highest BCUT2D eigenvalue weighted by atomic mass is 16.6. The molecule has 6 nitrogen and oxygen atoms in total. The van der Waals surface area contributed by atoms with E-state index in [1.165, 1.54) is 5.57 Å². The predicted molar refractivity (Wildman–Crippen MR) is 122 cm³/mol. The van der Waals surface area contributed by atoms with Crippen molar-refractivity contribution in [2.75, 3.05) is 13.1 Å². The second-order valence-corrected chi connectivity index (χ2v) is 9.68. The molecule has 1 saturated heterocycles. The molecule has 2 heterocycles. The Morgan fingerprint density at radius 1 is 1.16 bits per heavy atom. The van der Waals surface area contributed by atoms with Crippen LogP contribution < -0.4 is 5.56 Å². The molecular weight excluding hydrogens is 390 g/mol. The van der Waals surface area contributed by atoms with E-state index in [4.69, 9.17) is 4.74 Å². The number of likely N-dealkylation sites (tertiary alicyclic amines) is 1. The van der Waals surface area contributed by atoms with Gasteiger partial charge in [-0.15, -0.1) is 0 Å². The maximum atomic E-state index is 12.8. The molecule has 6 heteroatoms. The first-order valence-electron chi connectivity index (χ1n) is 11.1. The van der Waals surface area contributed by atoms with Crippen molar-refractivity contribution in [2.45, 2.75) is 58.5 Å². The summed E-state index contributed by atoms with van der Waals surface area (Å²) in [6.07, 6.45) is 8.40. The van der Waals surface area contributed by atoms with Crippen LogP contribution in [0.25, 0.3) is 17.5 Å². The smallest absolute Gasteiger partial charge is 0.410 e. The molecule has 0 radical (unpaired) electrons. The van der Waals surface area contributed by atoms with Gasteiger partial charge in [-0.2, -0.15) is 0 Å². The van der Waals surface area contributed by atoms with Crippen LogP contribution in [0.15, 0.2) is 53.1 Å². The first-order valence-corrected chi connectivity index (χ1v) is 11.1. The normalized spacial score (nSPS) is 19.7. The molecule has 31 heavy (non-hydrogen) atoms. The number of benzene rings is 1. The number of hydrogen-bond acceptors (Lipinski definition) is 4. The predicted octanol–water partition coefficient (Wildman–Crippen LogP) is 4.95. The molecule has 1 aliphatic heterocycles. The van der Waals surface area contributed by atoms with Gasteiger partial charge in [0.25, 0.3) is 5.56 Å². The number of hydrogen-bond donors (Lipinski definition) is 0. The average Bonchev–Trinajstić information content (AvgIpc) is 3.19. The Labute approximate surface area is 183 Å². The third kappa shape index (κ3) is 4.73. The highest BCUT2D eigenvalue weighted by Crippen LogP contribution is 2.48. The van der Waals surface area contributed by atoms with E-state index < -0.39 is 5.60 Å². The summed E-state index contributed by atoms with van der Waals surface area (Å²) in [7, 11) is 0. The molecule has 2 fully saturated rings. The first-order chi connectivity index (χ1) is 14.8. The second kappa shape index (κ2) is 8.33. The number of carbonyl (C=O) groups excluding carboxylic acids is 1. The first kappa shape index (κ1) is 21.3. The van der Waals surface area contributed by atoms with E-state index in [-0.39, 0.29) is 17.1 Å². The topological polar surface area (TPSA) is 64.4 Å². The van der Waals surface area contributed by atoms with Crippen LogP contribution in [0.4, 0.5) is 4.79 Å². The van der Waals surface area contributed by atoms with E-state index in [0.29, 0.717) is 18.8 Å². The number of ether oxygens (including phenoxy) is 1. The highest BCUT2D eigenvalue weighted by molar-refractivity contribution is 5.69. The number of nitrogens with zero attached hydrogens (tertiary/aromatic N) is 3. The van der Waals surface area contributed by atoms with Gasteiger partial charge in [0.05, 0.1) is 5.69 Å². The molecular formula is C25H31N3O3. The molecule has 164 valence electrons. The molecule has 1 aliphatic carbocycles. The van der Waals surface area contributed by atoms with E-state index in [9.17, 15) is 9.59 Å². The Kier molecular flexibility index (Phi) is 5.73. The Morgan fingerprint density at radius 2 is 1.87 bits per heavy atom. The van der Waals surface area contributed by atoms with Crippen molar-refractivity contribution in [3.63, 3.8) is 0 Å². The molecule has 0 atom stereocenters. The fourth-order valence-corrected chi connectivity index (χ4v) is 4.72. The van der Waals surface area contributed by atoms with Crippen molar-refractivity contribution in [2.24, 2.45) is 5.41 Å². The van der Waals surface area contributed by atoms with Gasteiger partial charge in [0, 0.05) is 36.3 Å². The molecule has 1 amide bonds. The molecule has 1 aromatic heterocycles. The van der Waals surface area contributed by atoms with Crippen LogP contribution in [0, 0.1) is 5.41 Å². The van der Waals surface area contributed by atoms with Crippen LogP contribution in [0.5, 0.6) is 0 Å². The number of amides is 1. The van der Waals surface area contributed by atoms with Crippen LogP contribution in [-0.4, -0.2) is 39.2 Å². The number of rotatable bonds is 2. The van der Waals surface area contributed by atoms with E-state index >= 15 is 0 Å². The van der Waals surface area contributed by atoms with Crippen LogP contribution in [0.3, 0.4) is 0 Å². The summed E-state index contributed by atoms with van der Waals surface area (Å²) in [5.41, 5.74) is 2.17. The second-order valence-electron chi connectivity index (χ2n) is 9.68. The minimum Gasteiger partial charge on any atom is -0.444 e. The maximum absolute atomic E-state index is 12.8. The molecule has 0 unspecified atom stereocenters. The molecule has 2 aliphatic rings. The van der Waals surface area contributed by atoms with E-state index in [2.05, 4.69) is 4.98 Å². The van der Waals surface area contributed by atoms with E-state index in [1.54, 1.807) is 17.0 Å². The fourth-order valence-electron chi connectivity index (χ4n) is 4.72. The standard InChI is InChI=1S/C25H31N3O3/c1-24(2,3)31-23(30)27-14-11-20(25(17-27)12-7-8-13-25)16-28-18-26-21(15-22(28)29)19-9-5-4-6-10-19/h4-6,9-10,15-16,18H,7-8,11-14,17H2,1-3H3/b20-16-. The fraction of sp³-hybridized carbons (Fsp3) is 0.480. The maximum Gasteiger partial charge on any atom is 0.410 e. The van der Waals surface area contributed by atoms with Gasteiger partial charge in [0.1, 0.15) is 11.9 Å². The largest absolute Gasteiger partial charge is 0.444 e. The van der Waals surface area contributed by atoms with Crippen molar-refractivity contribution in [3.05, 3.63) is 58.7 Å². The van der Waals surface area contributed by atoms with Gasteiger partial charge in [-0.25, -0.2) is 9.78 Å². The summed E-state index contributed by atoms with van der Waals surface area (Å²) in [5.74, 6) is 0. The van der Waals surface area contributed by atoms with Gasteiger partial charge in [-0.3, -0.25) is 9.36 Å². The lowest BCUT2D eigenvalue weighted by atomic mass is 9.74. The van der Waals surface area contributed by atoms with Crippen molar-refractivity contribution in [1.82, 2.24) is 14.5 Å². The van der Waals surface area contributed by atoms with Crippen molar-refractivity contribution in [1.29, 1.82) is 0 Å². The van der Waals surface area contributed by atoms with Crippen molar-refractivity contribution in [3.8, 4) is 11.3 Å². The molecule has 0 N–H and O–H groups in total. The monoisotopic (exact) mass is 421 g/mol. The Morgan fingerprint density at radius 3 is 2.52 bits per heavy atom. The minimum absolute atomic E-state index is 0.0767. The van der Waals surface area contributed by atoms with Gasteiger partial charge in [0.15, 0.2) is 0 Å². The van der Waals surface area contributed by atoms with Crippen molar-refractivity contribution < 1.29 is 9.53 Å². The summed E-state index contributed by atoms with van der Waals surface area (Å²) in [6, 6.07) is 11.3. The molecule has 2 aromatic rings. The van der Waals surface area contributed by atoms with Crippen LogP contribution in [0.2, 0.25) is 0 Å². The number of carbonyl (C=O) groups is 1. The number of piperidine rings is 1. The average molecular weight is 422 g/mol. The number of aromatic nitrogens is 2. The molecule has 4 rings (SSSR count). The lowest BCUT2D eigenvalue weighted by Crippen LogP contribution is -2.48. The van der Waals surface area contributed by atoms with Crippen LogP contribution in [-0.2, 0) is 4.74 Å². The molecule has 1 saturated carbocycles. The quantitative estimate of drug-likeness (QED) is 0.688. The Hall–Kier alpha value is -2.89. The molecule has 1 aromatic carbocycles. The van der Waals surface area contributed by atoms with E-state index in [1.807, 2.05) is 62.2 Å². The summed E-state index contributed by atoms with van der Waals surface area (Å²) in [6.45, 7) is 6.93. The lowest BCUT2D eigenvalue weighted by molar-refractivity contribution is 0.0135. The highest BCUT2D eigenvalue weighted by Gasteiger charge is 2.43. The van der Waals surface area contributed by atoms with Gasteiger partial charge in [0.2, 0.25) is 0 Å². The molecule has 1 spiro atoms. The summed E-state index contributed by atoms with van der Waals surface area (Å²) in [5, 5.41) is 0. The third-order valence-electron chi connectivity index (χ3n) is 6.24. The van der Waals surface area contributed by atoms with Gasteiger partial charge in [-0.05, 0) is 45.6 Å². The summed E-state index contributed by atoms with van der Waals surface area (Å²) in [4.78, 5) is 31.8. The van der Waals surface area contributed by atoms with Gasteiger partial charge < -0.3 is 9.64 Å². The zero-order chi connectivity index (χ0) is 22.1.